The van der Waals surface area contributed by atoms with Crippen LogP contribution in [0.25, 0.3) is 0 Å². The summed E-state index contributed by atoms with van der Waals surface area (Å²) in [5, 5.41) is 3.36. The number of methoxy groups -OCH3 is 1. The average Bonchev–Trinajstić information content (AvgIpc) is 2.85. The number of hydrogen-bond donors (Lipinski definition) is 2. The third-order valence-corrected chi connectivity index (χ3v) is 6.29. The van der Waals surface area contributed by atoms with Crippen molar-refractivity contribution in [2.24, 2.45) is 0 Å². The molecule has 0 aromatic heterocycles. The molecular weight excluding hydrogens is 520 g/mol. The number of benzene rings is 2. The van der Waals surface area contributed by atoms with E-state index in [1.807, 2.05) is 0 Å². The lowest BCUT2D eigenvalue weighted by atomic mass is 10.0. The normalized spacial score (nSPS) is 18.1. The largest absolute Gasteiger partial charge is 0.494 e. The highest BCUT2D eigenvalue weighted by Gasteiger charge is 2.31. The summed E-state index contributed by atoms with van der Waals surface area (Å²) in [6, 6.07) is 8.89. The molecule has 0 spiro atoms. The highest BCUT2D eigenvalue weighted by molar-refractivity contribution is 6.33. The minimum absolute atomic E-state index is 0. The molecule has 1 heterocycles. The van der Waals surface area contributed by atoms with Gasteiger partial charge in [-0.1, -0.05) is 17.5 Å². The Morgan fingerprint density at radius 3 is 2.73 bits per heavy atom. The van der Waals surface area contributed by atoms with Gasteiger partial charge in [0.1, 0.15) is 17.3 Å². The van der Waals surface area contributed by atoms with E-state index in [0.717, 1.165) is 25.9 Å². The Labute approximate surface area is 229 Å². The molecule has 1 fully saturated rings. The van der Waals surface area contributed by atoms with E-state index in [0.29, 0.717) is 35.9 Å². The van der Waals surface area contributed by atoms with Crippen molar-refractivity contribution in [1.29, 1.82) is 0 Å². The number of carbonyl (C=O) groups is 1. The summed E-state index contributed by atoms with van der Waals surface area (Å²) in [6.07, 6.45) is 0.942. The number of nitrogens with one attached hydrogen (secondary N) is 1. The number of anilines is 1. The van der Waals surface area contributed by atoms with Crippen LogP contribution in [0.5, 0.6) is 11.5 Å². The number of nitrogens with two attached hydrogens (primary N) is 1. The van der Waals surface area contributed by atoms with Gasteiger partial charge in [0.25, 0.3) is 5.91 Å². The number of nitrogen functional groups attached to an aromatic ring is 1. The van der Waals surface area contributed by atoms with Gasteiger partial charge in [-0.25, -0.2) is 4.39 Å². The zero-order valence-electron chi connectivity index (χ0n) is 21.3. The molecule has 2 aromatic rings. The van der Waals surface area contributed by atoms with E-state index < -0.39 is 6.10 Å². The number of piperidine rings is 1. The summed E-state index contributed by atoms with van der Waals surface area (Å²) in [6.45, 7) is 6.35. The second kappa shape index (κ2) is 14.9. The van der Waals surface area contributed by atoms with Gasteiger partial charge in [-0.05, 0) is 57.0 Å². The lowest BCUT2D eigenvalue weighted by molar-refractivity contribution is 0.00526. The fraction of sp³-hybridized carbons (Fsp3) is 0.444. The Morgan fingerprint density at radius 1 is 1.32 bits per heavy atom. The fourth-order valence-electron chi connectivity index (χ4n) is 4.11. The molecule has 2 aromatic carbocycles. The Balaban J connectivity index is 0.00000481. The number of amides is 1. The minimum Gasteiger partial charge on any atom is -0.494 e. The molecule has 7 nitrogen and oxygen atoms in total. The number of carbonyl (C=O) groups excluding carboxylic acids is 1. The van der Waals surface area contributed by atoms with Crippen LogP contribution in [-0.2, 0) is 4.74 Å². The van der Waals surface area contributed by atoms with E-state index in [9.17, 15) is 9.18 Å². The van der Waals surface area contributed by atoms with Crippen LogP contribution in [0.4, 0.5) is 10.1 Å². The van der Waals surface area contributed by atoms with Gasteiger partial charge in [0, 0.05) is 32.8 Å². The maximum Gasteiger partial charge on any atom is 0.255 e. The molecule has 0 saturated carbocycles. The van der Waals surface area contributed by atoms with E-state index in [4.69, 9.17) is 31.5 Å². The minimum atomic E-state index is -0.413. The van der Waals surface area contributed by atoms with Crippen molar-refractivity contribution in [3.05, 3.63) is 52.8 Å². The molecule has 1 amide bonds. The highest BCUT2D eigenvalue weighted by Crippen LogP contribution is 2.30. The fourth-order valence-corrected chi connectivity index (χ4v) is 4.27. The van der Waals surface area contributed by atoms with Crippen LogP contribution in [0.3, 0.4) is 0 Å². The number of hydrogen-bond acceptors (Lipinski definition) is 6. The van der Waals surface area contributed by atoms with E-state index in [1.54, 1.807) is 39.2 Å². The molecule has 3 rings (SSSR count). The van der Waals surface area contributed by atoms with Crippen molar-refractivity contribution in [1.82, 2.24) is 10.2 Å². The number of likely N-dealkylation sites (tertiary alicyclic amines) is 1. The highest BCUT2D eigenvalue weighted by atomic mass is 35.5. The van der Waals surface area contributed by atoms with Crippen LogP contribution in [0.15, 0.2) is 36.4 Å². The van der Waals surface area contributed by atoms with Gasteiger partial charge in [0.05, 0.1) is 35.0 Å². The van der Waals surface area contributed by atoms with Crippen LogP contribution in [0, 0.1) is 17.7 Å². The van der Waals surface area contributed by atoms with E-state index >= 15 is 0 Å². The number of halogens is 3. The summed E-state index contributed by atoms with van der Waals surface area (Å²) in [4.78, 5) is 15.5. The van der Waals surface area contributed by atoms with Crippen LogP contribution >= 0.6 is 24.0 Å². The monoisotopic (exact) mass is 553 g/mol. The van der Waals surface area contributed by atoms with E-state index in [-0.39, 0.29) is 41.3 Å². The first-order valence-corrected chi connectivity index (χ1v) is 12.3. The summed E-state index contributed by atoms with van der Waals surface area (Å²) in [5.74, 6) is 6.08. The molecule has 1 saturated heterocycles. The lowest BCUT2D eigenvalue weighted by Crippen LogP contribution is -2.55. The summed E-state index contributed by atoms with van der Waals surface area (Å²) in [5.41, 5.74) is 6.57. The van der Waals surface area contributed by atoms with Crippen molar-refractivity contribution < 1.29 is 23.4 Å². The topological polar surface area (TPSA) is 86.0 Å². The summed E-state index contributed by atoms with van der Waals surface area (Å²) < 4.78 is 30.2. The van der Waals surface area contributed by atoms with Gasteiger partial charge < -0.3 is 30.2 Å². The van der Waals surface area contributed by atoms with Gasteiger partial charge in [-0.3, -0.25) is 4.79 Å². The molecule has 202 valence electrons. The molecule has 1 aliphatic rings. The van der Waals surface area contributed by atoms with Crippen molar-refractivity contribution in [3.8, 4) is 23.3 Å². The molecule has 10 heteroatoms. The Kier molecular flexibility index (Phi) is 12.3. The molecule has 0 radical (unpaired) electrons. The SMILES string of the molecule is CC#C[C@H](C)Oc1cc(N)c(Cl)cc1C(=O)N[C@H]1CCN(CCCOc2ccc(F)cc2)C[C@H]1OC.Cl. The number of ether oxygens (including phenoxy) is 3. The number of rotatable bonds is 10. The predicted octanol–water partition coefficient (Wildman–Crippen LogP) is 4.56. The Morgan fingerprint density at radius 2 is 2.05 bits per heavy atom. The van der Waals surface area contributed by atoms with Crippen molar-refractivity contribution in [2.75, 3.05) is 39.1 Å². The smallest absolute Gasteiger partial charge is 0.255 e. The van der Waals surface area contributed by atoms with Crippen LogP contribution in [0.2, 0.25) is 5.02 Å². The van der Waals surface area contributed by atoms with Crippen molar-refractivity contribution >= 4 is 35.6 Å². The zero-order valence-corrected chi connectivity index (χ0v) is 22.8. The molecular formula is C27H34Cl2FN3O4. The van der Waals surface area contributed by atoms with Crippen molar-refractivity contribution in [2.45, 2.75) is 44.9 Å². The molecule has 37 heavy (non-hydrogen) atoms. The van der Waals surface area contributed by atoms with Gasteiger partial charge in [0.15, 0.2) is 6.10 Å². The first-order chi connectivity index (χ1) is 17.3. The third-order valence-electron chi connectivity index (χ3n) is 5.96. The summed E-state index contributed by atoms with van der Waals surface area (Å²) in [7, 11) is 1.64. The van der Waals surface area contributed by atoms with Gasteiger partial charge in [-0.15, -0.1) is 18.3 Å². The van der Waals surface area contributed by atoms with E-state index in [2.05, 4.69) is 22.1 Å². The predicted molar refractivity (Wildman–Crippen MR) is 146 cm³/mol. The molecule has 0 aliphatic carbocycles. The van der Waals surface area contributed by atoms with E-state index in [1.165, 1.54) is 18.2 Å². The maximum absolute atomic E-state index is 13.2. The Hall–Kier alpha value is -2.70. The zero-order chi connectivity index (χ0) is 26.1. The lowest BCUT2D eigenvalue weighted by Gasteiger charge is -2.38. The van der Waals surface area contributed by atoms with Gasteiger partial charge in [-0.2, -0.15) is 0 Å². The molecule has 0 bridgehead atoms. The second-order valence-electron chi connectivity index (χ2n) is 8.62. The number of nitrogens with zero attached hydrogens (tertiary/aromatic N) is 1. The quantitative estimate of drug-likeness (QED) is 0.255. The second-order valence-corrected chi connectivity index (χ2v) is 9.03. The van der Waals surface area contributed by atoms with Gasteiger partial charge in [0.2, 0.25) is 0 Å². The van der Waals surface area contributed by atoms with Crippen LogP contribution in [0.1, 0.15) is 37.0 Å². The molecule has 1 aliphatic heterocycles. The van der Waals surface area contributed by atoms with Crippen LogP contribution < -0.4 is 20.5 Å². The third kappa shape index (κ3) is 8.97. The summed E-state index contributed by atoms with van der Waals surface area (Å²) >= 11 is 6.21. The Bertz CT molecular complexity index is 1090. The molecule has 3 N–H and O–H groups in total. The molecule has 0 unspecified atom stereocenters. The standard InChI is InChI=1S/C27H33ClFN3O4.ClH/c1-4-6-18(2)36-25-16-23(30)22(28)15-21(25)27(33)31-24-11-13-32(17-26(24)34-3)12-5-14-35-20-9-7-19(29)8-10-20;/h7-10,15-16,18,24,26H,5,11-14,17,30H2,1-3H3,(H,31,33);1H/t18-,24-,26+;/m0./s1. The van der Waals surface area contributed by atoms with Crippen LogP contribution in [-0.4, -0.2) is 62.4 Å². The average molecular weight is 554 g/mol. The first-order valence-electron chi connectivity index (χ1n) is 11.9. The van der Waals surface area contributed by atoms with Gasteiger partial charge >= 0.3 is 0 Å². The van der Waals surface area contributed by atoms with Crippen molar-refractivity contribution in [3.63, 3.8) is 0 Å². The molecule has 3 atom stereocenters. The first kappa shape index (κ1) is 30.5. The maximum atomic E-state index is 13.2.